The highest BCUT2D eigenvalue weighted by Crippen LogP contribution is 2.25. The molecule has 3 rings (SSSR count). The Labute approximate surface area is 158 Å². The van der Waals surface area contributed by atoms with E-state index in [-0.39, 0.29) is 0 Å². The molecule has 0 aliphatic carbocycles. The lowest BCUT2D eigenvalue weighted by molar-refractivity contribution is 0.122. The van der Waals surface area contributed by atoms with E-state index in [0.29, 0.717) is 5.11 Å². The predicted octanol–water partition coefficient (Wildman–Crippen LogP) is 2.85. The molecule has 0 bridgehead atoms. The summed E-state index contributed by atoms with van der Waals surface area (Å²) in [5.74, 6) is 0.765. The molecule has 2 aromatic rings. The summed E-state index contributed by atoms with van der Waals surface area (Å²) >= 11 is 5.23. The van der Waals surface area contributed by atoms with Crippen molar-refractivity contribution in [2.45, 2.75) is 0 Å². The molecule has 0 atom stereocenters. The number of hydrogen-bond acceptors (Lipinski definition) is 5. The van der Waals surface area contributed by atoms with Gasteiger partial charge in [0.2, 0.25) is 0 Å². The Kier molecular flexibility index (Phi) is 6.40. The van der Waals surface area contributed by atoms with Gasteiger partial charge < -0.3 is 19.7 Å². The summed E-state index contributed by atoms with van der Waals surface area (Å²) < 4.78 is 10.9. The second-order valence-corrected chi connectivity index (χ2v) is 6.12. The van der Waals surface area contributed by atoms with Gasteiger partial charge >= 0.3 is 0 Å². The Bertz CT molecular complexity index is 761. The van der Waals surface area contributed by atoms with Gasteiger partial charge in [0.05, 0.1) is 26.5 Å². The maximum Gasteiger partial charge on any atom is 0.191 e. The zero-order valence-electron chi connectivity index (χ0n) is 14.6. The lowest BCUT2D eigenvalue weighted by Gasteiger charge is -2.29. The van der Waals surface area contributed by atoms with E-state index in [4.69, 9.17) is 21.7 Å². The third-order valence-electron chi connectivity index (χ3n) is 3.99. The summed E-state index contributed by atoms with van der Waals surface area (Å²) in [6.07, 6.45) is 1.70. The molecule has 1 aliphatic heterocycles. The van der Waals surface area contributed by atoms with E-state index in [0.717, 1.165) is 49.0 Å². The molecule has 0 radical (unpaired) electrons. The second kappa shape index (κ2) is 9.17. The number of methoxy groups -OCH3 is 1. The average molecular weight is 370 g/mol. The largest absolute Gasteiger partial charge is 0.496 e. The minimum atomic E-state index is 0.427. The van der Waals surface area contributed by atoms with E-state index < -0.39 is 0 Å². The number of benzene rings is 2. The topological polar surface area (TPSA) is 58.1 Å². The zero-order chi connectivity index (χ0) is 18.2. The summed E-state index contributed by atoms with van der Waals surface area (Å²) in [5.41, 5.74) is 5.72. The molecule has 0 unspecified atom stereocenters. The molecule has 1 saturated heterocycles. The highest BCUT2D eigenvalue weighted by molar-refractivity contribution is 7.80. The van der Waals surface area contributed by atoms with Crippen LogP contribution in [0.3, 0.4) is 0 Å². The van der Waals surface area contributed by atoms with Gasteiger partial charge in [0, 0.05) is 36.1 Å². The van der Waals surface area contributed by atoms with Gasteiger partial charge in [0.15, 0.2) is 5.11 Å². The van der Waals surface area contributed by atoms with Crippen LogP contribution in [0, 0.1) is 0 Å². The Balaban J connectivity index is 1.61. The molecular weight excluding hydrogens is 348 g/mol. The van der Waals surface area contributed by atoms with Gasteiger partial charge in [0.25, 0.3) is 0 Å². The minimum Gasteiger partial charge on any atom is -0.496 e. The number of rotatable bonds is 5. The Morgan fingerprint density at radius 1 is 1.19 bits per heavy atom. The van der Waals surface area contributed by atoms with Crippen LogP contribution in [0.5, 0.6) is 5.75 Å². The molecule has 6 nitrogen and oxygen atoms in total. The van der Waals surface area contributed by atoms with E-state index in [2.05, 4.69) is 26.8 Å². The highest BCUT2D eigenvalue weighted by Gasteiger charge is 2.13. The first kappa shape index (κ1) is 18.2. The smallest absolute Gasteiger partial charge is 0.191 e. The minimum absolute atomic E-state index is 0.427. The first-order chi connectivity index (χ1) is 12.8. The second-order valence-electron chi connectivity index (χ2n) is 5.72. The average Bonchev–Trinajstić information content (AvgIpc) is 2.69. The van der Waals surface area contributed by atoms with Gasteiger partial charge in [-0.1, -0.05) is 18.2 Å². The molecule has 0 spiro atoms. The van der Waals surface area contributed by atoms with E-state index in [1.165, 1.54) is 0 Å². The summed E-state index contributed by atoms with van der Waals surface area (Å²) in [6.45, 7) is 3.28. The van der Waals surface area contributed by atoms with Crippen LogP contribution in [0.4, 0.5) is 11.4 Å². The number of para-hydroxylation sites is 1. The standard InChI is InChI=1S/C19H22N4O2S/c1-24-18-13-17(23-9-11-25-12-10-23)8-7-15(18)14-20-22-19(26)21-16-5-3-2-4-6-16/h2-8,13-14H,9-12H2,1H3,(H2,21,22,26)/b20-14+. The summed E-state index contributed by atoms with van der Waals surface area (Å²) in [7, 11) is 1.66. The van der Waals surface area contributed by atoms with E-state index in [9.17, 15) is 0 Å². The molecule has 26 heavy (non-hydrogen) atoms. The maximum atomic E-state index is 5.50. The van der Waals surface area contributed by atoms with Gasteiger partial charge in [0.1, 0.15) is 5.75 Å². The summed E-state index contributed by atoms with van der Waals surface area (Å²) in [6, 6.07) is 15.8. The van der Waals surface area contributed by atoms with Crippen LogP contribution in [0.1, 0.15) is 5.56 Å². The number of thiocarbonyl (C=S) groups is 1. The lowest BCUT2D eigenvalue weighted by atomic mass is 10.1. The Morgan fingerprint density at radius 2 is 1.96 bits per heavy atom. The van der Waals surface area contributed by atoms with Crippen molar-refractivity contribution in [2.75, 3.05) is 43.6 Å². The number of nitrogens with zero attached hydrogens (tertiary/aromatic N) is 2. The molecule has 1 heterocycles. The van der Waals surface area contributed by atoms with Crippen LogP contribution >= 0.6 is 12.2 Å². The number of anilines is 2. The van der Waals surface area contributed by atoms with Crippen molar-refractivity contribution in [2.24, 2.45) is 5.10 Å². The van der Waals surface area contributed by atoms with Crippen LogP contribution in [0.25, 0.3) is 0 Å². The Morgan fingerprint density at radius 3 is 2.69 bits per heavy atom. The van der Waals surface area contributed by atoms with Crippen molar-refractivity contribution < 1.29 is 9.47 Å². The van der Waals surface area contributed by atoms with Crippen molar-refractivity contribution in [3.8, 4) is 5.75 Å². The number of hydrazone groups is 1. The molecule has 0 saturated carbocycles. The summed E-state index contributed by atoms with van der Waals surface area (Å²) in [5, 5.41) is 7.69. The first-order valence-corrected chi connectivity index (χ1v) is 8.83. The molecule has 7 heteroatoms. The molecule has 136 valence electrons. The van der Waals surface area contributed by atoms with Gasteiger partial charge in [-0.3, -0.25) is 5.43 Å². The Hall–Kier alpha value is -2.64. The quantitative estimate of drug-likeness (QED) is 0.480. The van der Waals surface area contributed by atoms with Crippen LogP contribution in [-0.4, -0.2) is 44.7 Å². The van der Waals surface area contributed by atoms with Gasteiger partial charge in [-0.2, -0.15) is 5.10 Å². The van der Waals surface area contributed by atoms with E-state index in [1.54, 1.807) is 13.3 Å². The SMILES string of the molecule is COc1cc(N2CCOCC2)ccc1/C=N/NC(=S)Nc1ccccc1. The molecule has 1 aliphatic rings. The molecule has 1 fully saturated rings. The van der Waals surface area contributed by atoms with Crippen LogP contribution in [-0.2, 0) is 4.74 Å². The van der Waals surface area contributed by atoms with Crippen molar-refractivity contribution >= 4 is 34.9 Å². The molecule has 2 aromatic carbocycles. The van der Waals surface area contributed by atoms with Gasteiger partial charge in [-0.15, -0.1) is 0 Å². The van der Waals surface area contributed by atoms with Crippen molar-refractivity contribution in [3.05, 3.63) is 54.1 Å². The highest BCUT2D eigenvalue weighted by atomic mass is 32.1. The van der Waals surface area contributed by atoms with Gasteiger partial charge in [-0.25, -0.2) is 0 Å². The molecule has 0 amide bonds. The van der Waals surface area contributed by atoms with E-state index >= 15 is 0 Å². The normalized spacial score (nSPS) is 14.3. The van der Waals surface area contributed by atoms with E-state index in [1.807, 2.05) is 42.5 Å². The predicted molar refractivity (Wildman–Crippen MR) is 109 cm³/mol. The molecule has 2 N–H and O–H groups in total. The zero-order valence-corrected chi connectivity index (χ0v) is 15.5. The molecule has 0 aromatic heterocycles. The monoisotopic (exact) mass is 370 g/mol. The fourth-order valence-electron chi connectivity index (χ4n) is 2.67. The number of morpholine rings is 1. The lowest BCUT2D eigenvalue weighted by Crippen LogP contribution is -2.36. The molecular formula is C19H22N4O2S. The van der Waals surface area contributed by atoms with Gasteiger partial charge in [-0.05, 0) is 36.5 Å². The van der Waals surface area contributed by atoms with Crippen molar-refractivity contribution in [1.29, 1.82) is 0 Å². The van der Waals surface area contributed by atoms with Crippen LogP contribution in [0.2, 0.25) is 0 Å². The fraction of sp³-hybridized carbons (Fsp3) is 0.263. The van der Waals surface area contributed by atoms with Crippen LogP contribution < -0.4 is 20.4 Å². The first-order valence-electron chi connectivity index (χ1n) is 8.42. The van der Waals surface area contributed by atoms with Crippen molar-refractivity contribution in [1.82, 2.24) is 5.43 Å². The third kappa shape index (κ3) is 4.93. The fourth-order valence-corrected chi connectivity index (χ4v) is 2.84. The summed E-state index contributed by atoms with van der Waals surface area (Å²) in [4.78, 5) is 2.28. The number of ether oxygens (including phenoxy) is 2. The van der Waals surface area contributed by atoms with Crippen molar-refractivity contribution in [3.63, 3.8) is 0 Å². The third-order valence-corrected chi connectivity index (χ3v) is 4.19. The number of nitrogens with one attached hydrogen (secondary N) is 2. The maximum absolute atomic E-state index is 5.50. The van der Waals surface area contributed by atoms with Crippen LogP contribution in [0.15, 0.2) is 53.6 Å². The number of hydrogen-bond donors (Lipinski definition) is 2.